The number of carbonyl (C=O) groups excluding carboxylic acids is 1. The van der Waals surface area contributed by atoms with E-state index in [9.17, 15) is 10.1 Å². The Hall–Kier alpha value is -3.92. The van der Waals surface area contributed by atoms with E-state index >= 15 is 0 Å². The molecule has 2 aromatic rings. The van der Waals surface area contributed by atoms with Gasteiger partial charge in [-0.15, -0.1) is 0 Å². The van der Waals surface area contributed by atoms with Gasteiger partial charge in [0.05, 0.1) is 25.9 Å². The van der Waals surface area contributed by atoms with Gasteiger partial charge < -0.3 is 18.9 Å². The molecule has 0 aliphatic carbocycles. The highest BCUT2D eigenvalue weighted by atomic mass is 16.5. The Bertz CT molecular complexity index is 1320. The van der Waals surface area contributed by atoms with E-state index in [0.29, 0.717) is 35.8 Å². The Labute approximate surface area is 253 Å². The van der Waals surface area contributed by atoms with Crippen LogP contribution in [0, 0.1) is 11.3 Å². The van der Waals surface area contributed by atoms with E-state index in [4.69, 9.17) is 14.2 Å². The number of ketones is 1. The third-order valence-corrected chi connectivity index (χ3v) is 6.62. The van der Waals surface area contributed by atoms with Crippen molar-refractivity contribution in [2.24, 2.45) is 0 Å². The average Bonchev–Trinajstić information content (AvgIpc) is 3.01. The van der Waals surface area contributed by atoms with Crippen LogP contribution in [0.4, 0.5) is 0 Å². The first-order valence-electron chi connectivity index (χ1n) is 14.3. The highest BCUT2D eigenvalue weighted by Crippen LogP contribution is 2.33. The molecule has 1 aliphatic rings. The Balaban J connectivity index is 0.00000165. The second kappa shape index (κ2) is 19.2. The van der Waals surface area contributed by atoms with Crippen molar-refractivity contribution in [1.82, 2.24) is 0 Å². The number of Topliss-reactive ketones (excluding diaryl/α,β-unsaturated/α-hetero) is 1. The van der Waals surface area contributed by atoms with Crippen molar-refractivity contribution < 1.29 is 23.7 Å². The van der Waals surface area contributed by atoms with Crippen molar-refractivity contribution >= 4 is 16.9 Å². The molecule has 1 fully saturated rings. The number of methoxy groups -OCH3 is 2. The molecule has 0 amide bonds. The van der Waals surface area contributed by atoms with Crippen LogP contribution in [0.1, 0.15) is 81.4 Å². The molecule has 0 spiro atoms. The van der Waals surface area contributed by atoms with Crippen molar-refractivity contribution in [3.8, 4) is 17.6 Å². The second-order valence-corrected chi connectivity index (χ2v) is 9.58. The molecule has 0 N–H and O–H groups in total. The van der Waals surface area contributed by atoms with Crippen molar-refractivity contribution in [2.75, 3.05) is 34.5 Å². The van der Waals surface area contributed by atoms with Crippen LogP contribution >= 0.6 is 0 Å². The van der Waals surface area contributed by atoms with Crippen molar-refractivity contribution in [1.29, 1.82) is 5.26 Å². The maximum atomic E-state index is 11.8. The van der Waals surface area contributed by atoms with E-state index in [-0.39, 0.29) is 11.9 Å². The van der Waals surface area contributed by atoms with Crippen molar-refractivity contribution in [3.63, 3.8) is 0 Å². The summed E-state index contributed by atoms with van der Waals surface area (Å²) < 4.78 is 21.4. The van der Waals surface area contributed by atoms with E-state index < -0.39 is 0 Å². The molecule has 0 atom stereocenters. The largest absolute Gasteiger partial charge is 0.496 e. The number of hydrogen-bond donors (Lipinski definition) is 0. The van der Waals surface area contributed by atoms with Crippen LogP contribution in [0.2, 0.25) is 0 Å². The van der Waals surface area contributed by atoms with Crippen LogP contribution in [-0.4, -0.2) is 46.4 Å². The van der Waals surface area contributed by atoms with Crippen LogP contribution < -0.4 is 9.47 Å². The summed E-state index contributed by atoms with van der Waals surface area (Å²) in [6.45, 7) is 16.9. The number of nitrogens with zero attached hydrogens (tertiary/aromatic N) is 1. The topological polar surface area (TPSA) is 77.8 Å². The van der Waals surface area contributed by atoms with E-state index in [1.807, 2.05) is 57.2 Å². The number of allylic oxidation sites excluding steroid dienone is 7. The van der Waals surface area contributed by atoms with Gasteiger partial charge in [0.2, 0.25) is 0 Å². The smallest absolute Gasteiger partial charge is 0.159 e. The molecule has 6 heteroatoms. The molecule has 1 aliphatic heterocycles. The number of carbonyl (C=O) groups is 1. The molecule has 2 aromatic carbocycles. The van der Waals surface area contributed by atoms with Gasteiger partial charge in [0.1, 0.15) is 23.7 Å². The summed E-state index contributed by atoms with van der Waals surface area (Å²) in [5.41, 5.74) is 7.07. The summed E-state index contributed by atoms with van der Waals surface area (Å²) in [6, 6.07) is 13.6. The molecule has 0 radical (unpaired) electrons. The molecule has 1 saturated heterocycles. The number of nitriles is 1. The zero-order chi connectivity index (χ0) is 31.7. The SMILES string of the molecule is C=C\C=C(/C(C)=C(C)/C=C(\C)c1ccc(C(C)=O)cc1OC)c1ccc(OC2CCOCC2)c(C#N)c1.CC.COC. The zero-order valence-electron chi connectivity index (χ0n) is 26.8. The molecular weight excluding hydrogens is 526 g/mol. The fraction of sp³-hybridized carbons (Fsp3) is 0.389. The first-order valence-corrected chi connectivity index (χ1v) is 14.3. The van der Waals surface area contributed by atoms with Gasteiger partial charge in [-0.2, -0.15) is 5.26 Å². The summed E-state index contributed by atoms with van der Waals surface area (Å²) in [4.78, 5) is 11.8. The van der Waals surface area contributed by atoms with Crippen LogP contribution in [0.5, 0.6) is 11.5 Å². The first kappa shape index (κ1) is 36.1. The summed E-state index contributed by atoms with van der Waals surface area (Å²) in [5, 5.41) is 9.83. The van der Waals surface area contributed by atoms with E-state index in [0.717, 1.165) is 46.3 Å². The molecule has 226 valence electrons. The minimum absolute atomic E-state index is 0.00137. The highest BCUT2D eigenvalue weighted by Gasteiger charge is 2.18. The maximum Gasteiger partial charge on any atom is 0.159 e. The summed E-state index contributed by atoms with van der Waals surface area (Å²) in [7, 11) is 4.86. The number of hydrogen-bond acceptors (Lipinski definition) is 6. The lowest BCUT2D eigenvalue weighted by molar-refractivity contribution is 0.0254. The average molecular weight is 574 g/mol. The predicted molar refractivity (Wildman–Crippen MR) is 173 cm³/mol. The third-order valence-electron chi connectivity index (χ3n) is 6.62. The molecular formula is C36H47NO5. The zero-order valence-corrected chi connectivity index (χ0v) is 26.8. The minimum Gasteiger partial charge on any atom is -0.496 e. The highest BCUT2D eigenvalue weighted by molar-refractivity contribution is 5.95. The van der Waals surface area contributed by atoms with Gasteiger partial charge >= 0.3 is 0 Å². The Morgan fingerprint density at radius 3 is 2.14 bits per heavy atom. The van der Waals surface area contributed by atoms with Crippen LogP contribution in [0.15, 0.2) is 72.4 Å². The second-order valence-electron chi connectivity index (χ2n) is 9.58. The van der Waals surface area contributed by atoms with Gasteiger partial charge in [-0.1, -0.05) is 56.9 Å². The molecule has 6 nitrogen and oxygen atoms in total. The fourth-order valence-corrected chi connectivity index (χ4v) is 4.38. The normalized spacial score (nSPS) is 14.2. The quantitative estimate of drug-likeness (QED) is 0.221. The van der Waals surface area contributed by atoms with Gasteiger partial charge in [0, 0.05) is 38.2 Å². The van der Waals surface area contributed by atoms with Gasteiger partial charge in [0.25, 0.3) is 0 Å². The lowest BCUT2D eigenvalue weighted by atomic mass is 9.92. The van der Waals surface area contributed by atoms with Crippen LogP contribution in [-0.2, 0) is 9.47 Å². The monoisotopic (exact) mass is 573 g/mol. The molecule has 0 saturated carbocycles. The Kier molecular flexibility index (Phi) is 16.5. The number of ether oxygens (including phenoxy) is 4. The van der Waals surface area contributed by atoms with Crippen molar-refractivity contribution in [3.05, 3.63) is 94.6 Å². The van der Waals surface area contributed by atoms with Gasteiger partial charge in [0.15, 0.2) is 5.78 Å². The lowest BCUT2D eigenvalue weighted by Gasteiger charge is -2.24. The summed E-state index contributed by atoms with van der Waals surface area (Å²) >= 11 is 0. The standard InChI is InChI=1S/C32H35NO4.C2H6O.C2H6/c1-7-8-30(26-10-12-31(27(18-26)20-33)37-28-13-15-36-16-14-28)23(4)21(2)17-22(3)29-11-9-25(24(5)34)19-32(29)35-6;1-3-2;1-2/h7-12,17-19,28H,1,13-16H2,2-6H3;1-2H3;1-2H3/b22-17+,23-21+,30-8+;;. The third kappa shape index (κ3) is 10.5. The van der Waals surface area contributed by atoms with Crippen LogP contribution in [0.3, 0.4) is 0 Å². The minimum atomic E-state index is -0.00137. The maximum absolute atomic E-state index is 11.8. The van der Waals surface area contributed by atoms with Gasteiger partial charge in [-0.25, -0.2) is 0 Å². The molecule has 0 aromatic heterocycles. The van der Waals surface area contributed by atoms with E-state index in [1.54, 1.807) is 40.4 Å². The van der Waals surface area contributed by atoms with Crippen molar-refractivity contribution in [2.45, 2.75) is 60.5 Å². The summed E-state index contributed by atoms with van der Waals surface area (Å²) in [6.07, 6.45) is 7.52. The van der Waals surface area contributed by atoms with Gasteiger partial charge in [-0.3, -0.25) is 4.79 Å². The van der Waals surface area contributed by atoms with Gasteiger partial charge in [-0.05, 0) is 73.7 Å². The Morgan fingerprint density at radius 1 is 0.976 bits per heavy atom. The first-order chi connectivity index (χ1) is 20.2. The number of rotatable bonds is 9. The Morgan fingerprint density at radius 2 is 1.60 bits per heavy atom. The fourth-order valence-electron chi connectivity index (χ4n) is 4.38. The number of benzene rings is 2. The van der Waals surface area contributed by atoms with Crippen LogP contribution in [0.25, 0.3) is 11.1 Å². The van der Waals surface area contributed by atoms with E-state index in [2.05, 4.69) is 37.3 Å². The predicted octanol–water partition coefficient (Wildman–Crippen LogP) is 8.63. The molecule has 42 heavy (non-hydrogen) atoms. The lowest BCUT2D eigenvalue weighted by Crippen LogP contribution is -2.26. The van der Waals surface area contributed by atoms with E-state index in [1.165, 1.54) is 0 Å². The molecule has 0 unspecified atom stereocenters. The summed E-state index contributed by atoms with van der Waals surface area (Å²) in [5.74, 6) is 1.26. The molecule has 0 bridgehead atoms. The molecule has 3 rings (SSSR count). The molecule has 1 heterocycles.